The van der Waals surface area contributed by atoms with E-state index in [1.165, 1.54) is 11.1 Å². The quantitative estimate of drug-likeness (QED) is 0.815. The summed E-state index contributed by atoms with van der Waals surface area (Å²) in [7, 11) is 3.80. The third kappa shape index (κ3) is 4.49. The maximum absolute atomic E-state index is 5.46. The van der Waals surface area contributed by atoms with E-state index in [4.69, 9.17) is 4.74 Å². The van der Waals surface area contributed by atoms with E-state index in [0.29, 0.717) is 6.04 Å². The van der Waals surface area contributed by atoms with Crippen molar-refractivity contribution in [1.82, 2.24) is 5.32 Å². The first kappa shape index (κ1) is 14.2. The first-order chi connectivity index (χ1) is 7.98. The van der Waals surface area contributed by atoms with Gasteiger partial charge in [-0.1, -0.05) is 29.8 Å². The second-order valence-corrected chi connectivity index (χ2v) is 5.26. The molecule has 1 N–H and O–H groups in total. The fourth-order valence-electron chi connectivity index (χ4n) is 1.96. The number of aryl methyl sites for hydroxylation is 1. The van der Waals surface area contributed by atoms with E-state index in [-0.39, 0.29) is 5.60 Å². The molecule has 96 valence electrons. The molecule has 1 rings (SSSR count). The van der Waals surface area contributed by atoms with Crippen molar-refractivity contribution in [3.8, 4) is 0 Å². The molecule has 0 spiro atoms. The van der Waals surface area contributed by atoms with Crippen molar-refractivity contribution in [3.05, 3.63) is 35.4 Å². The van der Waals surface area contributed by atoms with Gasteiger partial charge in [-0.3, -0.25) is 0 Å². The van der Waals surface area contributed by atoms with Gasteiger partial charge < -0.3 is 10.1 Å². The van der Waals surface area contributed by atoms with Gasteiger partial charge in [-0.05, 0) is 46.2 Å². The average Bonchev–Trinajstić information content (AvgIpc) is 2.30. The number of nitrogens with one attached hydrogen (secondary N) is 1. The molecule has 17 heavy (non-hydrogen) atoms. The van der Waals surface area contributed by atoms with Gasteiger partial charge in [0.25, 0.3) is 0 Å². The van der Waals surface area contributed by atoms with E-state index in [2.05, 4.69) is 50.4 Å². The minimum atomic E-state index is -0.0427. The highest BCUT2D eigenvalue weighted by Gasteiger charge is 2.19. The van der Waals surface area contributed by atoms with Gasteiger partial charge in [-0.2, -0.15) is 0 Å². The number of ether oxygens (including phenoxy) is 1. The van der Waals surface area contributed by atoms with Crippen molar-refractivity contribution in [2.75, 3.05) is 14.2 Å². The van der Waals surface area contributed by atoms with E-state index in [9.17, 15) is 0 Å². The standard InChI is InChI=1S/C15H25NO/c1-12-7-6-8-13(11-12)14(16-4)9-10-15(2,3)17-5/h6-8,11,14,16H,9-10H2,1-5H3. The van der Waals surface area contributed by atoms with Crippen molar-refractivity contribution in [2.24, 2.45) is 0 Å². The minimum absolute atomic E-state index is 0.0427. The van der Waals surface area contributed by atoms with Crippen molar-refractivity contribution >= 4 is 0 Å². The zero-order valence-corrected chi connectivity index (χ0v) is 11.7. The van der Waals surface area contributed by atoms with Crippen molar-refractivity contribution in [1.29, 1.82) is 0 Å². The monoisotopic (exact) mass is 235 g/mol. The van der Waals surface area contributed by atoms with Crippen LogP contribution < -0.4 is 5.32 Å². The molecule has 2 heteroatoms. The predicted octanol–water partition coefficient (Wildman–Crippen LogP) is 3.46. The number of rotatable bonds is 6. The summed E-state index contributed by atoms with van der Waals surface area (Å²) < 4.78 is 5.46. The molecule has 1 atom stereocenters. The molecule has 0 aromatic heterocycles. The summed E-state index contributed by atoms with van der Waals surface area (Å²) >= 11 is 0. The van der Waals surface area contributed by atoms with Crippen LogP contribution in [0.2, 0.25) is 0 Å². The van der Waals surface area contributed by atoms with Crippen LogP contribution in [0.4, 0.5) is 0 Å². The van der Waals surface area contributed by atoms with Crippen LogP contribution in [-0.4, -0.2) is 19.8 Å². The Bertz CT molecular complexity index is 347. The molecule has 0 fully saturated rings. The third-order valence-electron chi connectivity index (χ3n) is 3.38. The van der Waals surface area contributed by atoms with Crippen LogP contribution in [0.25, 0.3) is 0 Å². The highest BCUT2D eigenvalue weighted by Crippen LogP contribution is 2.24. The molecule has 0 heterocycles. The summed E-state index contributed by atoms with van der Waals surface area (Å²) in [6, 6.07) is 9.10. The number of methoxy groups -OCH3 is 1. The minimum Gasteiger partial charge on any atom is -0.379 e. The van der Waals surface area contributed by atoms with Crippen LogP contribution in [-0.2, 0) is 4.74 Å². The zero-order chi connectivity index (χ0) is 12.9. The molecule has 0 aliphatic heterocycles. The van der Waals surface area contributed by atoms with E-state index in [1.54, 1.807) is 7.11 Å². The Labute approximate surface area is 105 Å². The van der Waals surface area contributed by atoms with Gasteiger partial charge >= 0.3 is 0 Å². The van der Waals surface area contributed by atoms with Gasteiger partial charge in [-0.25, -0.2) is 0 Å². The summed E-state index contributed by atoms with van der Waals surface area (Å²) in [5.74, 6) is 0. The van der Waals surface area contributed by atoms with Gasteiger partial charge in [0, 0.05) is 13.2 Å². The summed E-state index contributed by atoms with van der Waals surface area (Å²) in [6.07, 6.45) is 2.13. The Morgan fingerprint density at radius 1 is 1.35 bits per heavy atom. The molecule has 0 amide bonds. The first-order valence-electron chi connectivity index (χ1n) is 6.27. The van der Waals surface area contributed by atoms with Crippen molar-refractivity contribution < 1.29 is 4.74 Å². The largest absolute Gasteiger partial charge is 0.379 e. The smallest absolute Gasteiger partial charge is 0.0623 e. The second kappa shape index (κ2) is 6.18. The Hall–Kier alpha value is -0.860. The molecule has 0 saturated heterocycles. The average molecular weight is 235 g/mol. The van der Waals surface area contributed by atoms with Crippen LogP contribution in [0.3, 0.4) is 0 Å². The van der Waals surface area contributed by atoms with Crippen LogP contribution in [0.15, 0.2) is 24.3 Å². The van der Waals surface area contributed by atoms with E-state index in [0.717, 1.165) is 12.8 Å². The van der Waals surface area contributed by atoms with Gasteiger partial charge in [0.05, 0.1) is 5.60 Å². The molecule has 1 unspecified atom stereocenters. The lowest BCUT2D eigenvalue weighted by atomic mass is 9.94. The Morgan fingerprint density at radius 2 is 2.06 bits per heavy atom. The highest BCUT2D eigenvalue weighted by molar-refractivity contribution is 5.25. The van der Waals surface area contributed by atoms with E-state index in [1.807, 2.05) is 7.05 Å². The normalized spacial score (nSPS) is 13.7. The fraction of sp³-hybridized carbons (Fsp3) is 0.600. The molecule has 1 aromatic rings. The van der Waals surface area contributed by atoms with Crippen LogP contribution in [0.5, 0.6) is 0 Å². The van der Waals surface area contributed by atoms with Crippen LogP contribution in [0.1, 0.15) is 43.9 Å². The van der Waals surface area contributed by atoms with E-state index >= 15 is 0 Å². The molecule has 0 saturated carbocycles. The number of hydrogen-bond acceptors (Lipinski definition) is 2. The van der Waals surface area contributed by atoms with E-state index < -0.39 is 0 Å². The van der Waals surface area contributed by atoms with Gasteiger partial charge in [0.1, 0.15) is 0 Å². The van der Waals surface area contributed by atoms with Gasteiger partial charge in [0.15, 0.2) is 0 Å². The first-order valence-corrected chi connectivity index (χ1v) is 6.27. The number of benzene rings is 1. The molecule has 0 aliphatic rings. The zero-order valence-electron chi connectivity index (χ0n) is 11.7. The number of hydrogen-bond donors (Lipinski definition) is 1. The molecular weight excluding hydrogens is 210 g/mol. The summed E-state index contributed by atoms with van der Waals surface area (Å²) in [6.45, 7) is 6.40. The predicted molar refractivity (Wildman–Crippen MR) is 73.3 cm³/mol. The second-order valence-electron chi connectivity index (χ2n) is 5.26. The Balaban J connectivity index is 2.66. The maximum Gasteiger partial charge on any atom is 0.0623 e. The summed E-state index contributed by atoms with van der Waals surface area (Å²) in [5.41, 5.74) is 2.63. The molecular formula is C15H25NO. The van der Waals surface area contributed by atoms with Gasteiger partial charge in [0.2, 0.25) is 0 Å². The van der Waals surface area contributed by atoms with Gasteiger partial charge in [-0.15, -0.1) is 0 Å². The molecule has 2 nitrogen and oxygen atoms in total. The van der Waals surface area contributed by atoms with Crippen molar-refractivity contribution in [3.63, 3.8) is 0 Å². The third-order valence-corrected chi connectivity index (χ3v) is 3.38. The Morgan fingerprint density at radius 3 is 2.59 bits per heavy atom. The molecule has 0 aliphatic carbocycles. The molecule has 1 aromatic carbocycles. The molecule has 0 radical (unpaired) electrons. The summed E-state index contributed by atoms with van der Waals surface area (Å²) in [5, 5.41) is 3.39. The summed E-state index contributed by atoms with van der Waals surface area (Å²) in [4.78, 5) is 0. The van der Waals surface area contributed by atoms with Crippen LogP contribution >= 0.6 is 0 Å². The molecule has 0 bridgehead atoms. The van der Waals surface area contributed by atoms with Crippen molar-refractivity contribution in [2.45, 2.75) is 45.3 Å². The maximum atomic E-state index is 5.46. The highest BCUT2D eigenvalue weighted by atomic mass is 16.5. The fourth-order valence-corrected chi connectivity index (χ4v) is 1.96. The lowest BCUT2D eigenvalue weighted by Crippen LogP contribution is -2.26. The lowest BCUT2D eigenvalue weighted by Gasteiger charge is -2.26. The Kier molecular flexibility index (Phi) is 5.16. The topological polar surface area (TPSA) is 21.3 Å². The SMILES string of the molecule is CNC(CCC(C)(C)OC)c1cccc(C)c1. The lowest BCUT2D eigenvalue weighted by molar-refractivity contribution is 0.0118. The van der Waals surface area contributed by atoms with Crippen LogP contribution in [0, 0.1) is 6.92 Å².